The molecule has 0 radical (unpaired) electrons. The molecule has 0 aliphatic rings. The first-order valence-corrected chi connectivity index (χ1v) is 11.2. The van der Waals surface area contributed by atoms with Gasteiger partial charge in [0.15, 0.2) is 0 Å². The highest BCUT2D eigenvalue weighted by Gasteiger charge is 2.15. The van der Waals surface area contributed by atoms with Gasteiger partial charge < -0.3 is 4.74 Å². The number of hydrogen-bond acceptors (Lipinski definition) is 5. The standard InChI is InChI=1S/C13H19N3O3SSi/c1-21(2,3)9-8-19-10-15-11(6-7-14-15)12-4-5-13(20-12)16(17)18/h4-7H,8-10H2,1-3H3. The van der Waals surface area contributed by atoms with E-state index in [0.29, 0.717) is 6.73 Å². The molecular weight excluding hydrogens is 306 g/mol. The Bertz CT molecular complexity index is 618. The van der Waals surface area contributed by atoms with Crippen LogP contribution in [0.2, 0.25) is 25.7 Å². The minimum Gasteiger partial charge on any atom is -0.360 e. The van der Waals surface area contributed by atoms with Gasteiger partial charge in [-0.15, -0.1) is 0 Å². The number of nitro groups is 1. The Morgan fingerprint density at radius 1 is 1.38 bits per heavy atom. The van der Waals surface area contributed by atoms with Crippen LogP contribution in [-0.4, -0.2) is 29.4 Å². The van der Waals surface area contributed by atoms with E-state index < -0.39 is 8.07 Å². The van der Waals surface area contributed by atoms with Crippen LogP contribution in [0, 0.1) is 10.1 Å². The second kappa shape index (κ2) is 6.50. The fourth-order valence-electron chi connectivity index (χ4n) is 1.74. The summed E-state index contributed by atoms with van der Waals surface area (Å²) >= 11 is 1.15. The van der Waals surface area contributed by atoms with Crippen molar-refractivity contribution in [2.24, 2.45) is 0 Å². The van der Waals surface area contributed by atoms with E-state index in [1.54, 1.807) is 16.9 Å². The molecule has 0 fully saturated rings. The molecule has 0 amide bonds. The summed E-state index contributed by atoms with van der Waals surface area (Å²) < 4.78 is 7.41. The highest BCUT2D eigenvalue weighted by molar-refractivity contribution is 7.18. The van der Waals surface area contributed by atoms with E-state index in [0.717, 1.165) is 34.6 Å². The second-order valence-corrected chi connectivity index (χ2v) is 12.6. The van der Waals surface area contributed by atoms with Gasteiger partial charge in [0.25, 0.3) is 0 Å². The zero-order valence-corrected chi connectivity index (χ0v) is 14.2. The average Bonchev–Trinajstić information content (AvgIpc) is 3.01. The predicted molar refractivity (Wildman–Crippen MR) is 86.3 cm³/mol. The Kier molecular flexibility index (Phi) is 4.91. The monoisotopic (exact) mass is 325 g/mol. The molecule has 2 rings (SSSR count). The lowest BCUT2D eigenvalue weighted by molar-refractivity contribution is -0.380. The van der Waals surface area contributed by atoms with Gasteiger partial charge in [-0.1, -0.05) is 31.0 Å². The number of thiophene rings is 1. The molecule has 2 aromatic rings. The Morgan fingerprint density at radius 2 is 2.14 bits per heavy atom. The molecule has 0 spiro atoms. The summed E-state index contributed by atoms with van der Waals surface area (Å²) in [6, 6.07) is 6.22. The van der Waals surface area contributed by atoms with Crippen LogP contribution in [0.25, 0.3) is 10.6 Å². The normalized spacial score (nSPS) is 11.8. The van der Waals surface area contributed by atoms with Crippen molar-refractivity contribution in [2.75, 3.05) is 6.61 Å². The molecule has 0 aliphatic heterocycles. The van der Waals surface area contributed by atoms with Crippen LogP contribution in [0.5, 0.6) is 0 Å². The van der Waals surface area contributed by atoms with Crippen molar-refractivity contribution < 1.29 is 9.66 Å². The number of rotatable bonds is 7. The van der Waals surface area contributed by atoms with Gasteiger partial charge in [-0.3, -0.25) is 10.1 Å². The molecule has 0 bridgehead atoms. The van der Waals surface area contributed by atoms with E-state index in [2.05, 4.69) is 24.7 Å². The quantitative estimate of drug-likeness (QED) is 0.336. The molecule has 0 aromatic carbocycles. The lowest BCUT2D eigenvalue weighted by Gasteiger charge is -2.15. The Balaban J connectivity index is 1.99. The summed E-state index contributed by atoms with van der Waals surface area (Å²) in [4.78, 5) is 11.2. The minimum absolute atomic E-state index is 0.136. The van der Waals surface area contributed by atoms with E-state index in [9.17, 15) is 10.1 Å². The van der Waals surface area contributed by atoms with Crippen LogP contribution in [0.3, 0.4) is 0 Å². The topological polar surface area (TPSA) is 70.2 Å². The van der Waals surface area contributed by atoms with Gasteiger partial charge >= 0.3 is 5.00 Å². The van der Waals surface area contributed by atoms with Crippen LogP contribution in [-0.2, 0) is 11.5 Å². The number of aromatic nitrogens is 2. The van der Waals surface area contributed by atoms with E-state index in [-0.39, 0.29) is 9.92 Å². The number of ether oxygens (including phenoxy) is 1. The average molecular weight is 325 g/mol. The van der Waals surface area contributed by atoms with Gasteiger partial charge in [-0.05, 0) is 18.2 Å². The molecule has 0 unspecified atom stereocenters. The van der Waals surface area contributed by atoms with Crippen molar-refractivity contribution in [3.8, 4) is 10.6 Å². The third-order valence-electron chi connectivity index (χ3n) is 2.95. The Labute approximate surface area is 128 Å². The first-order valence-electron chi connectivity index (χ1n) is 6.71. The maximum Gasteiger partial charge on any atom is 0.324 e. The Morgan fingerprint density at radius 3 is 2.76 bits per heavy atom. The summed E-state index contributed by atoms with van der Waals surface area (Å²) in [5.74, 6) is 0. The zero-order chi connectivity index (χ0) is 15.5. The molecular formula is C13H19N3O3SSi. The summed E-state index contributed by atoms with van der Waals surface area (Å²) in [7, 11) is -1.09. The van der Waals surface area contributed by atoms with E-state index in [4.69, 9.17) is 4.74 Å². The molecule has 114 valence electrons. The van der Waals surface area contributed by atoms with E-state index in [1.807, 2.05) is 6.07 Å². The number of nitrogens with zero attached hydrogens (tertiary/aromatic N) is 3. The van der Waals surface area contributed by atoms with Crippen molar-refractivity contribution in [3.63, 3.8) is 0 Å². The SMILES string of the molecule is C[Si](C)(C)CCOCn1nccc1-c1ccc([N+](=O)[O-])s1. The fraction of sp³-hybridized carbons (Fsp3) is 0.462. The largest absolute Gasteiger partial charge is 0.360 e. The highest BCUT2D eigenvalue weighted by Crippen LogP contribution is 2.32. The first kappa shape index (κ1) is 15.9. The van der Waals surface area contributed by atoms with Crippen LogP contribution < -0.4 is 0 Å². The Hall–Kier alpha value is -1.51. The molecule has 0 saturated heterocycles. The van der Waals surface area contributed by atoms with Crippen LogP contribution >= 0.6 is 11.3 Å². The molecule has 2 aromatic heterocycles. The molecule has 0 atom stereocenters. The van der Waals surface area contributed by atoms with Gasteiger partial charge in [-0.25, -0.2) is 4.68 Å². The summed E-state index contributed by atoms with van der Waals surface area (Å²) in [5, 5.41) is 15.1. The smallest absolute Gasteiger partial charge is 0.324 e. The van der Waals surface area contributed by atoms with Crippen LogP contribution in [0.4, 0.5) is 5.00 Å². The highest BCUT2D eigenvalue weighted by atomic mass is 32.1. The van der Waals surface area contributed by atoms with Crippen molar-refractivity contribution in [1.29, 1.82) is 0 Å². The molecule has 0 N–H and O–H groups in total. The van der Waals surface area contributed by atoms with Crippen molar-refractivity contribution in [3.05, 3.63) is 34.5 Å². The molecule has 6 nitrogen and oxygen atoms in total. The van der Waals surface area contributed by atoms with Crippen LogP contribution in [0.1, 0.15) is 0 Å². The molecule has 0 saturated carbocycles. The van der Waals surface area contributed by atoms with Gasteiger partial charge in [-0.2, -0.15) is 5.10 Å². The van der Waals surface area contributed by atoms with Gasteiger partial charge in [0.05, 0.1) is 15.5 Å². The predicted octanol–water partition coefficient (Wildman–Crippen LogP) is 3.83. The molecule has 21 heavy (non-hydrogen) atoms. The summed E-state index contributed by atoms with van der Waals surface area (Å²) in [6.45, 7) is 8.01. The van der Waals surface area contributed by atoms with Gasteiger partial charge in [0, 0.05) is 26.9 Å². The van der Waals surface area contributed by atoms with Crippen molar-refractivity contribution >= 4 is 24.4 Å². The van der Waals surface area contributed by atoms with Gasteiger partial charge in [0.2, 0.25) is 0 Å². The minimum atomic E-state index is -1.09. The third kappa shape index (κ3) is 4.48. The summed E-state index contributed by atoms with van der Waals surface area (Å²) in [6.07, 6.45) is 1.68. The lowest BCUT2D eigenvalue weighted by atomic mass is 10.3. The second-order valence-electron chi connectivity index (χ2n) is 5.96. The van der Waals surface area contributed by atoms with E-state index >= 15 is 0 Å². The van der Waals surface area contributed by atoms with Crippen molar-refractivity contribution in [1.82, 2.24) is 9.78 Å². The fourth-order valence-corrected chi connectivity index (χ4v) is 3.34. The van der Waals surface area contributed by atoms with Crippen molar-refractivity contribution in [2.45, 2.75) is 32.4 Å². The number of hydrogen-bond donors (Lipinski definition) is 0. The molecule has 0 aliphatic carbocycles. The lowest BCUT2D eigenvalue weighted by Crippen LogP contribution is -2.22. The maximum absolute atomic E-state index is 10.7. The molecule has 2 heterocycles. The first-order chi connectivity index (χ1) is 9.87. The zero-order valence-electron chi connectivity index (χ0n) is 12.4. The summed E-state index contributed by atoms with van der Waals surface area (Å²) in [5.41, 5.74) is 0.848. The van der Waals surface area contributed by atoms with Crippen LogP contribution in [0.15, 0.2) is 24.4 Å². The van der Waals surface area contributed by atoms with Gasteiger partial charge in [0.1, 0.15) is 6.73 Å². The maximum atomic E-state index is 10.7. The third-order valence-corrected chi connectivity index (χ3v) is 5.71. The van der Waals surface area contributed by atoms with E-state index in [1.165, 1.54) is 6.07 Å². The molecule has 8 heteroatoms.